The lowest BCUT2D eigenvalue weighted by Gasteiger charge is -2.30. The van der Waals surface area contributed by atoms with E-state index in [1.807, 2.05) is 12.1 Å². The van der Waals surface area contributed by atoms with E-state index in [0.29, 0.717) is 59.4 Å². The molecule has 2 N–H and O–H groups in total. The van der Waals surface area contributed by atoms with Crippen LogP contribution in [0.3, 0.4) is 0 Å². The molecule has 1 unspecified atom stereocenters. The van der Waals surface area contributed by atoms with Gasteiger partial charge >= 0.3 is 0 Å². The highest BCUT2D eigenvalue weighted by Crippen LogP contribution is 2.47. The lowest BCUT2D eigenvalue weighted by molar-refractivity contribution is 0.131. The Labute approximate surface area is 196 Å². The van der Waals surface area contributed by atoms with Crippen molar-refractivity contribution in [3.63, 3.8) is 0 Å². The summed E-state index contributed by atoms with van der Waals surface area (Å²) in [4.78, 5) is 2.33. The molecule has 0 fully saturated rings. The Kier molecular flexibility index (Phi) is 9.94. The maximum Gasteiger partial charge on any atom is 0.180 e. The quantitative estimate of drug-likeness (QED) is 0.447. The fourth-order valence-electron chi connectivity index (χ4n) is 3.90. The zero-order valence-corrected chi connectivity index (χ0v) is 20.6. The summed E-state index contributed by atoms with van der Waals surface area (Å²) in [7, 11) is 3.07. The fourth-order valence-corrected chi connectivity index (χ4v) is 4.16. The number of ether oxygens (including phenoxy) is 3. The molecule has 2 aromatic rings. The van der Waals surface area contributed by atoms with Gasteiger partial charge in [-0.05, 0) is 58.2 Å². The third-order valence-corrected chi connectivity index (χ3v) is 5.79. The van der Waals surface area contributed by atoms with Gasteiger partial charge in [-0.1, -0.05) is 23.7 Å². The summed E-state index contributed by atoms with van der Waals surface area (Å²) in [5, 5.41) is 20.9. The van der Waals surface area contributed by atoms with Gasteiger partial charge in [0.25, 0.3) is 0 Å². The van der Waals surface area contributed by atoms with Crippen LogP contribution < -0.4 is 14.2 Å². The average Bonchev–Trinajstić information content (AvgIpc) is 2.75. The monoisotopic (exact) mass is 465 g/mol. The first-order valence-electron chi connectivity index (χ1n) is 11.0. The van der Waals surface area contributed by atoms with Gasteiger partial charge in [-0.25, -0.2) is 0 Å². The molecule has 0 amide bonds. The van der Waals surface area contributed by atoms with Crippen molar-refractivity contribution in [1.82, 2.24) is 4.90 Å². The van der Waals surface area contributed by atoms with Crippen LogP contribution >= 0.6 is 11.6 Å². The molecule has 1 atom stereocenters. The van der Waals surface area contributed by atoms with E-state index in [-0.39, 0.29) is 5.75 Å². The zero-order valence-electron chi connectivity index (χ0n) is 19.9. The van der Waals surface area contributed by atoms with Gasteiger partial charge in [0.2, 0.25) is 0 Å². The van der Waals surface area contributed by atoms with Gasteiger partial charge in [-0.2, -0.15) is 0 Å². The lowest BCUT2D eigenvalue weighted by atomic mass is 9.99. The first-order valence-corrected chi connectivity index (χ1v) is 11.4. The first kappa shape index (κ1) is 26.1. The summed E-state index contributed by atoms with van der Waals surface area (Å²) < 4.78 is 17.2. The van der Waals surface area contributed by atoms with Crippen LogP contribution in [0.5, 0.6) is 23.0 Å². The molecule has 0 aliphatic carbocycles. The van der Waals surface area contributed by atoms with E-state index >= 15 is 0 Å². The van der Waals surface area contributed by atoms with E-state index in [1.165, 1.54) is 14.2 Å². The van der Waals surface area contributed by atoms with Crippen molar-refractivity contribution in [3.05, 3.63) is 46.5 Å². The Hall–Kier alpha value is -2.15. The van der Waals surface area contributed by atoms with Gasteiger partial charge in [-0.15, -0.1) is 0 Å². The molecule has 0 aliphatic rings. The van der Waals surface area contributed by atoms with E-state index < -0.39 is 6.10 Å². The molecule has 0 aromatic heterocycles. The van der Waals surface area contributed by atoms with E-state index in [9.17, 15) is 10.2 Å². The molecule has 0 aliphatic heterocycles. The number of halogens is 1. The molecule has 0 heterocycles. The predicted molar refractivity (Wildman–Crippen MR) is 128 cm³/mol. The van der Waals surface area contributed by atoms with Gasteiger partial charge < -0.3 is 24.4 Å². The van der Waals surface area contributed by atoms with Gasteiger partial charge in [0.15, 0.2) is 11.5 Å². The largest absolute Gasteiger partial charge is 0.508 e. The maximum atomic E-state index is 11.1. The Morgan fingerprint density at radius 1 is 0.969 bits per heavy atom. The molecule has 0 bridgehead atoms. The highest BCUT2D eigenvalue weighted by molar-refractivity contribution is 6.32. The van der Waals surface area contributed by atoms with Crippen LogP contribution in [0.1, 0.15) is 51.3 Å². The highest BCUT2D eigenvalue weighted by Gasteiger charge is 2.26. The summed E-state index contributed by atoms with van der Waals surface area (Å²) >= 11 is 6.42. The van der Waals surface area contributed by atoms with E-state index in [1.54, 1.807) is 18.2 Å². The number of aryl methyl sites for hydroxylation is 1. The fraction of sp³-hybridized carbons (Fsp3) is 0.520. The van der Waals surface area contributed by atoms with E-state index in [4.69, 9.17) is 25.8 Å². The molecule has 6 nitrogen and oxygen atoms in total. The highest BCUT2D eigenvalue weighted by atomic mass is 35.5. The molecule has 2 rings (SSSR count). The summed E-state index contributed by atoms with van der Waals surface area (Å²) in [6.45, 7) is 9.75. The van der Waals surface area contributed by atoms with Crippen molar-refractivity contribution in [2.75, 3.05) is 27.4 Å². The molecule has 0 spiro atoms. The van der Waals surface area contributed by atoms with Crippen molar-refractivity contribution >= 4 is 11.6 Å². The number of methoxy groups -OCH3 is 2. The number of phenols is 1. The van der Waals surface area contributed by atoms with E-state index in [2.05, 4.69) is 32.6 Å². The second-order valence-electron chi connectivity index (χ2n) is 8.33. The predicted octanol–water partition coefficient (Wildman–Crippen LogP) is 5.23. The van der Waals surface area contributed by atoms with Gasteiger partial charge in [0.1, 0.15) is 18.1 Å². The van der Waals surface area contributed by atoms with Crippen LogP contribution in [0.4, 0.5) is 0 Å². The number of hydrogen-bond donors (Lipinski definition) is 2. The second-order valence-corrected chi connectivity index (χ2v) is 8.74. The van der Waals surface area contributed by atoms with Gasteiger partial charge in [-0.3, -0.25) is 4.90 Å². The summed E-state index contributed by atoms with van der Waals surface area (Å²) in [6.07, 6.45) is 0.196. The molecular weight excluding hydrogens is 430 g/mol. The maximum absolute atomic E-state index is 11.1. The van der Waals surface area contributed by atoms with Crippen molar-refractivity contribution in [2.45, 2.75) is 58.7 Å². The van der Waals surface area contributed by atoms with Crippen molar-refractivity contribution < 1.29 is 24.4 Å². The van der Waals surface area contributed by atoms with Crippen molar-refractivity contribution in [1.29, 1.82) is 0 Å². The average molecular weight is 466 g/mol. The molecule has 32 heavy (non-hydrogen) atoms. The van der Waals surface area contributed by atoms with E-state index in [0.717, 1.165) is 12.1 Å². The molecule has 0 radical (unpaired) electrons. The standard InChI is InChI=1S/C25H36ClNO5/c1-16(2)27(17(3)4)13-14-32-25-23(22(30-5)15-20(26)24(25)31-6)21(29)12-9-18-7-10-19(28)11-8-18/h7-8,10-11,15-17,21,28-29H,9,12-14H2,1-6H3. The molecule has 0 saturated heterocycles. The topological polar surface area (TPSA) is 71.4 Å². The Bertz CT molecular complexity index is 846. The minimum atomic E-state index is -0.855. The summed E-state index contributed by atoms with van der Waals surface area (Å²) in [5.74, 6) is 1.45. The molecular formula is C25H36ClNO5. The van der Waals surface area contributed by atoms with Crippen LogP contribution in [-0.4, -0.2) is 54.6 Å². The SMILES string of the molecule is COc1cc(Cl)c(OC)c(OCCN(C(C)C)C(C)C)c1C(O)CCc1ccc(O)cc1. The minimum Gasteiger partial charge on any atom is -0.508 e. The van der Waals surface area contributed by atoms with Crippen LogP contribution in [-0.2, 0) is 6.42 Å². The van der Waals surface area contributed by atoms with Crippen LogP contribution in [0.2, 0.25) is 5.02 Å². The third kappa shape index (κ3) is 6.67. The number of benzene rings is 2. The number of hydrogen-bond acceptors (Lipinski definition) is 6. The Balaban J connectivity index is 2.29. The second kappa shape index (κ2) is 12.2. The van der Waals surface area contributed by atoms with Crippen LogP contribution in [0, 0.1) is 0 Å². The summed E-state index contributed by atoms with van der Waals surface area (Å²) in [5.41, 5.74) is 1.53. The normalized spacial score (nSPS) is 12.5. The van der Waals surface area contributed by atoms with Gasteiger partial charge in [0.05, 0.1) is 30.9 Å². The number of aromatic hydroxyl groups is 1. The lowest BCUT2D eigenvalue weighted by Crippen LogP contribution is -2.39. The summed E-state index contributed by atoms with van der Waals surface area (Å²) in [6, 6.07) is 9.35. The number of aliphatic hydroxyl groups excluding tert-OH is 1. The molecule has 0 saturated carbocycles. The van der Waals surface area contributed by atoms with Crippen LogP contribution in [0.25, 0.3) is 0 Å². The zero-order chi connectivity index (χ0) is 23.8. The molecule has 7 heteroatoms. The van der Waals surface area contributed by atoms with Gasteiger partial charge in [0, 0.05) is 24.7 Å². The number of nitrogens with zero attached hydrogens (tertiary/aromatic N) is 1. The minimum absolute atomic E-state index is 0.214. The number of phenolic OH excluding ortho intramolecular Hbond substituents is 1. The van der Waals surface area contributed by atoms with Crippen LogP contribution in [0.15, 0.2) is 30.3 Å². The smallest absolute Gasteiger partial charge is 0.180 e. The third-order valence-electron chi connectivity index (χ3n) is 5.51. The van der Waals surface area contributed by atoms with Crippen molar-refractivity contribution in [3.8, 4) is 23.0 Å². The first-order chi connectivity index (χ1) is 15.2. The molecule has 178 valence electrons. The molecule has 2 aromatic carbocycles. The Morgan fingerprint density at radius 3 is 2.12 bits per heavy atom. The number of rotatable bonds is 12. The Morgan fingerprint density at radius 2 is 1.59 bits per heavy atom. The number of aliphatic hydroxyl groups is 1. The van der Waals surface area contributed by atoms with Crippen molar-refractivity contribution in [2.24, 2.45) is 0 Å².